The van der Waals surface area contributed by atoms with Crippen molar-refractivity contribution >= 4 is 23.4 Å². The van der Waals surface area contributed by atoms with E-state index in [0.29, 0.717) is 0 Å². The average molecular weight is 348 g/mol. The summed E-state index contributed by atoms with van der Waals surface area (Å²) in [4.78, 5) is 27.5. The van der Waals surface area contributed by atoms with Gasteiger partial charge in [0.25, 0.3) is 0 Å². The Morgan fingerprint density at radius 3 is 1.92 bits per heavy atom. The van der Waals surface area contributed by atoms with E-state index in [4.69, 9.17) is 0 Å². The number of carbonyl (C=O) groups excluding carboxylic acids is 2. The topological polar surface area (TPSA) is 64.7 Å². The molecule has 0 aliphatic carbocycles. The molecule has 0 bridgehead atoms. The van der Waals surface area contributed by atoms with Crippen LogP contribution < -0.4 is 10.6 Å². The third-order valence-electron chi connectivity index (χ3n) is 4.11. The largest absolute Gasteiger partial charge is 0.331 e. The molecule has 6 heteroatoms. The number of hydrogen-bond acceptors (Lipinski definition) is 2. The molecule has 25 heavy (non-hydrogen) atoms. The number of rotatable bonds is 6. The molecule has 0 saturated heterocycles. The van der Waals surface area contributed by atoms with Gasteiger partial charge in [-0.2, -0.15) is 0 Å². The van der Waals surface area contributed by atoms with Gasteiger partial charge >= 0.3 is 12.1 Å². The lowest BCUT2D eigenvalue weighted by atomic mass is 9.94. The first-order valence-electron chi connectivity index (χ1n) is 8.84. The highest BCUT2D eigenvalue weighted by atomic mass is 16.2. The highest BCUT2D eigenvalue weighted by molar-refractivity contribution is 5.96. The minimum absolute atomic E-state index is 0.168. The van der Waals surface area contributed by atoms with Crippen LogP contribution in [0.15, 0.2) is 6.07 Å². The van der Waals surface area contributed by atoms with Crippen LogP contribution in [0.2, 0.25) is 0 Å². The number of aryl methyl sites for hydroxylation is 1. The summed E-state index contributed by atoms with van der Waals surface area (Å²) in [6.45, 7) is 6.24. The van der Waals surface area contributed by atoms with Crippen molar-refractivity contribution in [3.8, 4) is 0 Å². The monoisotopic (exact) mass is 348 g/mol. The lowest BCUT2D eigenvalue weighted by Crippen LogP contribution is -2.30. The highest BCUT2D eigenvalue weighted by Crippen LogP contribution is 2.33. The molecular formula is C19H32N4O2. The molecule has 2 N–H and O–H groups in total. The Morgan fingerprint density at radius 1 is 0.920 bits per heavy atom. The van der Waals surface area contributed by atoms with Crippen LogP contribution >= 0.6 is 0 Å². The number of anilines is 2. The van der Waals surface area contributed by atoms with Crippen molar-refractivity contribution in [2.24, 2.45) is 0 Å². The second-order valence-electron chi connectivity index (χ2n) is 6.71. The number of benzene rings is 1. The van der Waals surface area contributed by atoms with Crippen LogP contribution in [0.5, 0.6) is 0 Å². The van der Waals surface area contributed by atoms with Crippen molar-refractivity contribution in [2.75, 3.05) is 38.8 Å². The molecule has 0 heterocycles. The Labute approximate surface area is 151 Å². The van der Waals surface area contributed by atoms with Crippen molar-refractivity contribution in [1.29, 1.82) is 0 Å². The molecule has 0 aliphatic heterocycles. The molecule has 4 amide bonds. The van der Waals surface area contributed by atoms with Crippen molar-refractivity contribution in [3.05, 3.63) is 22.8 Å². The number of nitrogens with zero attached hydrogens (tertiary/aromatic N) is 2. The van der Waals surface area contributed by atoms with Crippen molar-refractivity contribution in [3.63, 3.8) is 0 Å². The van der Waals surface area contributed by atoms with Gasteiger partial charge in [0.2, 0.25) is 0 Å². The van der Waals surface area contributed by atoms with E-state index in [2.05, 4.69) is 30.5 Å². The number of nitrogens with one attached hydrogen (secondary N) is 2. The fourth-order valence-corrected chi connectivity index (χ4v) is 2.66. The van der Waals surface area contributed by atoms with Gasteiger partial charge in [-0.1, -0.05) is 26.7 Å². The maximum absolute atomic E-state index is 12.3. The van der Waals surface area contributed by atoms with Crippen molar-refractivity contribution in [1.82, 2.24) is 9.80 Å². The predicted molar refractivity (Wildman–Crippen MR) is 105 cm³/mol. The zero-order valence-electron chi connectivity index (χ0n) is 16.6. The van der Waals surface area contributed by atoms with Crippen LogP contribution in [0.1, 0.15) is 43.4 Å². The fraction of sp³-hybridized carbons (Fsp3) is 0.579. The van der Waals surface area contributed by atoms with Crippen LogP contribution in [-0.2, 0) is 12.8 Å². The van der Waals surface area contributed by atoms with Crippen molar-refractivity contribution < 1.29 is 9.59 Å². The van der Waals surface area contributed by atoms with Gasteiger partial charge in [-0.15, -0.1) is 0 Å². The summed E-state index contributed by atoms with van der Waals surface area (Å²) in [6, 6.07) is 1.71. The normalized spacial score (nSPS) is 10.4. The molecule has 0 fully saturated rings. The quantitative estimate of drug-likeness (QED) is 0.813. The minimum Gasteiger partial charge on any atom is -0.331 e. The minimum atomic E-state index is -0.173. The van der Waals surface area contributed by atoms with Crippen LogP contribution in [-0.4, -0.2) is 50.1 Å². The van der Waals surface area contributed by atoms with Crippen molar-refractivity contribution in [2.45, 2.75) is 46.5 Å². The van der Waals surface area contributed by atoms with Gasteiger partial charge in [-0.3, -0.25) is 0 Å². The van der Waals surface area contributed by atoms with Gasteiger partial charge < -0.3 is 20.4 Å². The fourth-order valence-electron chi connectivity index (χ4n) is 2.66. The van der Waals surface area contributed by atoms with Gasteiger partial charge in [0.15, 0.2) is 0 Å². The Kier molecular flexibility index (Phi) is 7.74. The molecule has 6 nitrogen and oxygen atoms in total. The van der Waals surface area contributed by atoms with E-state index in [0.717, 1.165) is 53.7 Å². The van der Waals surface area contributed by atoms with Crippen LogP contribution in [0, 0.1) is 6.92 Å². The summed E-state index contributed by atoms with van der Waals surface area (Å²) in [5.74, 6) is 0. The zero-order chi connectivity index (χ0) is 19.1. The smallest absolute Gasteiger partial charge is 0.321 e. The maximum atomic E-state index is 12.3. The Balaban J connectivity index is 3.49. The molecule has 0 spiro atoms. The number of urea groups is 2. The molecule has 0 aromatic heterocycles. The standard InChI is InChI=1S/C19H32N4O2/c1-8-10-14-12-16(20-18(24)22(4)5)15(11-9-2)17(13(14)3)21-19(25)23(6)7/h12H,8-11H2,1-7H3,(H,20,24)(H,21,25). The number of carbonyl (C=O) groups is 2. The summed E-state index contributed by atoms with van der Waals surface area (Å²) in [5, 5.41) is 6.01. The summed E-state index contributed by atoms with van der Waals surface area (Å²) in [6.07, 6.45) is 3.59. The molecule has 0 aliphatic rings. The van der Waals surface area contributed by atoms with E-state index in [9.17, 15) is 9.59 Å². The highest BCUT2D eigenvalue weighted by Gasteiger charge is 2.19. The van der Waals surface area contributed by atoms with Gasteiger partial charge in [0.05, 0.1) is 5.69 Å². The first kappa shape index (κ1) is 20.8. The second kappa shape index (κ2) is 9.30. The summed E-state index contributed by atoms with van der Waals surface area (Å²) in [5.41, 5.74) is 4.79. The van der Waals surface area contributed by atoms with Crippen LogP contribution in [0.4, 0.5) is 21.0 Å². The second-order valence-corrected chi connectivity index (χ2v) is 6.71. The van der Waals surface area contributed by atoms with E-state index >= 15 is 0 Å². The first-order chi connectivity index (χ1) is 11.7. The SMILES string of the molecule is CCCc1cc(NC(=O)N(C)C)c(CCC)c(NC(=O)N(C)C)c1C. The lowest BCUT2D eigenvalue weighted by molar-refractivity contribution is 0.230. The lowest BCUT2D eigenvalue weighted by Gasteiger charge is -2.23. The van der Waals surface area contributed by atoms with Gasteiger partial charge in [0.1, 0.15) is 0 Å². The number of hydrogen-bond donors (Lipinski definition) is 2. The molecule has 1 aromatic carbocycles. The van der Waals surface area contributed by atoms with E-state index in [1.165, 1.54) is 9.80 Å². The van der Waals surface area contributed by atoms with E-state index < -0.39 is 0 Å². The van der Waals surface area contributed by atoms with Gasteiger partial charge in [0, 0.05) is 33.9 Å². The van der Waals surface area contributed by atoms with E-state index in [1.807, 2.05) is 6.92 Å². The number of amides is 4. The Morgan fingerprint density at radius 2 is 1.44 bits per heavy atom. The van der Waals surface area contributed by atoms with Gasteiger partial charge in [-0.25, -0.2) is 9.59 Å². The first-order valence-corrected chi connectivity index (χ1v) is 8.84. The summed E-state index contributed by atoms with van der Waals surface area (Å²) < 4.78 is 0. The predicted octanol–water partition coefficient (Wildman–Crippen LogP) is 4.09. The Bertz CT molecular complexity index is 624. The maximum Gasteiger partial charge on any atom is 0.321 e. The Hall–Kier alpha value is -2.24. The molecule has 140 valence electrons. The third-order valence-corrected chi connectivity index (χ3v) is 4.11. The zero-order valence-corrected chi connectivity index (χ0v) is 16.6. The molecule has 1 rings (SSSR count). The molecule has 0 radical (unpaired) electrons. The summed E-state index contributed by atoms with van der Waals surface area (Å²) in [7, 11) is 6.86. The molecule has 0 atom stereocenters. The molecule has 0 saturated carbocycles. The summed E-state index contributed by atoms with van der Waals surface area (Å²) >= 11 is 0. The molecular weight excluding hydrogens is 316 g/mol. The van der Waals surface area contributed by atoms with Crippen LogP contribution in [0.25, 0.3) is 0 Å². The molecule has 1 aromatic rings. The van der Waals surface area contributed by atoms with Crippen LogP contribution in [0.3, 0.4) is 0 Å². The molecule has 0 unspecified atom stereocenters. The van der Waals surface area contributed by atoms with E-state index in [1.54, 1.807) is 28.2 Å². The third kappa shape index (κ3) is 5.37. The van der Waals surface area contributed by atoms with Gasteiger partial charge in [-0.05, 0) is 42.5 Å². The van der Waals surface area contributed by atoms with E-state index in [-0.39, 0.29) is 12.1 Å². The average Bonchev–Trinajstić information content (AvgIpc) is 2.54.